The highest BCUT2D eigenvalue weighted by Gasteiger charge is 2.21. The smallest absolute Gasteiger partial charge is 0.306 e. The van der Waals surface area contributed by atoms with Crippen molar-refractivity contribution < 1.29 is 42.9 Å². The highest BCUT2D eigenvalue weighted by atomic mass is 16.7. The van der Waals surface area contributed by atoms with Crippen molar-refractivity contribution >= 4 is 17.9 Å². The third-order valence-corrected chi connectivity index (χ3v) is 8.64. The number of nitrogens with zero attached hydrogens (tertiary/aromatic N) is 1. The molecular formula is C43H77NO8. The van der Waals surface area contributed by atoms with Crippen molar-refractivity contribution in [3.8, 4) is 0 Å². The molecule has 9 nitrogen and oxygen atoms in total. The number of quaternary nitrogens is 1. The summed E-state index contributed by atoms with van der Waals surface area (Å²) in [6.45, 7) is 4.62. The molecule has 302 valence electrons. The van der Waals surface area contributed by atoms with E-state index < -0.39 is 24.3 Å². The fourth-order valence-corrected chi connectivity index (χ4v) is 5.36. The first kappa shape index (κ1) is 49.5. The first-order valence-electron chi connectivity index (χ1n) is 20.6. The molecule has 0 rings (SSSR count). The molecule has 2 unspecified atom stereocenters. The second-order valence-corrected chi connectivity index (χ2v) is 14.9. The minimum absolute atomic E-state index is 0.145. The molecule has 0 aromatic rings. The van der Waals surface area contributed by atoms with Crippen molar-refractivity contribution in [2.75, 3.05) is 47.5 Å². The zero-order valence-corrected chi connectivity index (χ0v) is 33.9. The van der Waals surface area contributed by atoms with Crippen molar-refractivity contribution in [3.63, 3.8) is 0 Å². The third kappa shape index (κ3) is 35.9. The number of allylic oxidation sites excluding steroid dienone is 6. The van der Waals surface area contributed by atoms with Gasteiger partial charge in [0.1, 0.15) is 13.2 Å². The summed E-state index contributed by atoms with van der Waals surface area (Å²) in [5, 5.41) is 11.6. The van der Waals surface area contributed by atoms with E-state index in [9.17, 15) is 19.5 Å². The molecule has 0 aliphatic carbocycles. The summed E-state index contributed by atoms with van der Waals surface area (Å²) < 4.78 is 22.4. The van der Waals surface area contributed by atoms with Gasteiger partial charge in [-0.2, -0.15) is 0 Å². The first-order chi connectivity index (χ1) is 25.1. The summed E-state index contributed by atoms with van der Waals surface area (Å²) in [6, 6.07) is 0. The SMILES string of the molecule is CCCCCCC/C=C\C/C=C\C/C=C\CCCCCCCCC(=O)OC(COC(=O)CCCCCCCC)COC(OCC[N+](C)(C)C)C(=O)[O-]. The summed E-state index contributed by atoms with van der Waals surface area (Å²) in [4.78, 5) is 36.6. The number of carboxylic acids is 1. The Hall–Kier alpha value is -2.49. The van der Waals surface area contributed by atoms with Crippen LogP contribution >= 0.6 is 0 Å². The van der Waals surface area contributed by atoms with Gasteiger partial charge < -0.3 is 33.3 Å². The van der Waals surface area contributed by atoms with Crippen LogP contribution in [0.5, 0.6) is 0 Å². The van der Waals surface area contributed by atoms with Crippen LogP contribution in [0.2, 0.25) is 0 Å². The molecule has 0 amide bonds. The van der Waals surface area contributed by atoms with Crippen LogP contribution < -0.4 is 5.11 Å². The third-order valence-electron chi connectivity index (χ3n) is 8.64. The number of carboxylic acid groups (broad SMARTS) is 1. The van der Waals surface area contributed by atoms with Crippen LogP contribution in [0, 0.1) is 0 Å². The van der Waals surface area contributed by atoms with Gasteiger partial charge in [-0.15, -0.1) is 0 Å². The molecule has 0 saturated heterocycles. The van der Waals surface area contributed by atoms with Crippen molar-refractivity contribution in [3.05, 3.63) is 36.5 Å². The Labute approximate surface area is 318 Å². The maximum Gasteiger partial charge on any atom is 0.306 e. The Balaban J connectivity index is 4.36. The van der Waals surface area contributed by atoms with Crippen LogP contribution in [0.1, 0.15) is 162 Å². The lowest BCUT2D eigenvalue weighted by Crippen LogP contribution is -2.44. The average molecular weight is 736 g/mol. The number of carbonyl (C=O) groups is 3. The Kier molecular flexibility index (Phi) is 33.8. The monoisotopic (exact) mass is 736 g/mol. The van der Waals surface area contributed by atoms with Crippen LogP contribution in [0.4, 0.5) is 0 Å². The van der Waals surface area contributed by atoms with Crippen molar-refractivity contribution in [1.82, 2.24) is 0 Å². The van der Waals surface area contributed by atoms with E-state index in [0.29, 0.717) is 17.4 Å². The van der Waals surface area contributed by atoms with E-state index in [4.69, 9.17) is 18.9 Å². The fraction of sp³-hybridized carbons (Fsp3) is 0.791. The number of esters is 2. The molecule has 0 aromatic carbocycles. The molecule has 0 N–H and O–H groups in total. The van der Waals surface area contributed by atoms with Gasteiger partial charge in [0, 0.05) is 12.8 Å². The molecule has 52 heavy (non-hydrogen) atoms. The highest BCUT2D eigenvalue weighted by Crippen LogP contribution is 2.12. The Morgan fingerprint density at radius 1 is 0.577 bits per heavy atom. The van der Waals surface area contributed by atoms with Gasteiger partial charge >= 0.3 is 11.9 Å². The van der Waals surface area contributed by atoms with E-state index in [1.165, 1.54) is 51.4 Å². The van der Waals surface area contributed by atoms with Gasteiger partial charge in [0.15, 0.2) is 12.4 Å². The molecule has 0 aromatic heterocycles. The molecule has 0 bridgehead atoms. The number of rotatable bonds is 37. The first-order valence-corrected chi connectivity index (χ1v) is 20.6. The Morgan fingerprint density at radius 2 is 1.04 bits per heavy atom. The topological polar surface area (TPSA) is 111 Å². The maximum absolute atomic E-state index is 12.7. The Bertz CT molecular complexity index is 955. The summed E-state index contributed by atoms with van der Waals surface area (Å²) >= 11 is 0. The number of ether oxygens (including phenoxy) is 4. The number of hydrogen-bond acceptors (Lipinski definition) is 8. The standard InChI is InChI=1S/C43H77NO8/c1-6-8-10-12-14-15-16-17-18-19-20-21-22-23-24-25-26-27-28-30-32-34-41(46)52-39(37-50-40(45)33-31-29-13-11-9-7-2)38-51-43(42(47)48)49-36-35-44(3,4)5/h16-17,19-20,22-23,39,43H,6-15,18,21,24-38H2,1-5H3/b17-16-,20-19-,23-22-. The second-order valence-electron chi connectivity index (χ2n) is 14.9. The van der Waals surface area contributed by atoms with Crippen LogP contribution in [0.3, 0.4) is 0 Å². The summed E-state index contributed by atoms with van der Waals surface area (Å²) in [5.74, 6) is -2.32. The molecule has 0 fully saturated rings. The van der Waals surface area contributed by atoms with Crippen molar-refractivity contribution in [2.45, 2.75) is 174 Å². The lowest BCUT2D eigenvalue weighted by molar-refractivity contribution is -0.870. The van der Waals surface area contributed by atoms with E-state index in [-0.39, 0.29) is 38.6 Å². The van der Waals surface area contributed by atoms with Gasteiger partial charge in [0.2, 0.25) is 0 Å². The minimum atomic E-state index is -1.62. The second kappa shape index (κ2) is 35.5. The zero-order valence-electron chi connectivity index (χ0n) is 33.9. The quantitative estimate of drug-likeness (QED) is 0.0205. The highest BCUT2D eigenvalue weighted by molar-refractivity contribution is 5.70. The summed E-state index contributed by atoms with van der Waals surface area (Å²) in [5.41, 5.74) is 0. The van der Waals surface area contributed by atoms with E-state index in [1.807, 2.05) is 21.1 Å². The predicted molar refractivity (Wildman–Crippen MR) is 209 cm³/mol. The lowest BCUT2D eigenvalue weighted by atomic mass is 10.1. The van der Waals surface area contributed by atoms with E-state index in [2.05, 4.69) is 50.3 Å². The van der Waals surface area contributed by atoms with E-state index >= 15 is 0 Å². The number of unbranched alkanes of at least 4 members (excludes halogenated alkanes) is 16. The number of hydrogen-bond donors (Lipinski definition) is 0. The fourth-order valence-electron chi connectivity index (χ4n) is 5.36. The number of likely N-dealkylation sites (N-methyl/N-ethyl adjacent to an activating group) is 1. The summed E-state index contributed by atoms with van der Waals surface area (Å²) in [7, 11) is 5.89. The largest absolute Gasteiger partial charge is 0.545 e. The van der Waals surface area contributed by atoms with E-state index in [1.54, 1.807) is 0 Å². The van der Waals surface area contributed by atoms with Gasteiger partial charge in [-0.25, -0.2) is 0 Å². The van der Waals surface area contributed by atoms with Gasteiger partial charge in [-0.05, 0) is 51.4 Å². The lowest BCUT2D eigenvalue weighted by Gasteiger charge is -2.26. The minimum Gasteiger partial charge on any atom is -0.545 e. The molecule has 0 aliphatic rings. The van der Waals surface area contributed by atoms with Crippen LogP contribution in [-0.2, 0) is 33.3 Å². The predicted octanol–water partition coefficient (Wildman–Crippen LogP) is 8.94. The molecule has 2 atom stereocenters. The molecule has 0 heterocycles. The maximum atomic E-state index is 12.7. The van der Waals surface area contributed by atoms with Crippen molar-refractivity contribution in [1.29, 1.82) is 0 Å². The molecule has 9 heteroatoms. The molecule has 0 radical (unpaired) electrons. The molecular weight excluding hydrogens is 658 g/mol. The van der Waals surface area contributed by atoms with Gasteiger partial charge in [0.05, 0.1) is 40.3 Å². The van der Waals surface area contributed by atoms with Crippen molar-refractivity contribution in [2.24, 2.45) is 0 Å². The number of carbonyl (C=O) groups excluding carboxylic acids is 3. The average Bonchev–Trinajstić information content (AvgIpc) is 3.10. The van der Waals surface area contributed by atoms with Crippen LogP contribution in [0.15, 0.2) is 36.5 Å². The summed E-state index contributed by atoms with van der Waals surface area (Å²) in [6.07, 6.45) is 34.9. The number of aliphatic carboxylic acids is 1. The van der Waals surface area contributed by atoms with Gasteiger partial charge in [-0.1, -0.05) is 134 Å². The van der Waals surface area contributed by atoms with Crippen LogP contribution in [-0.4, -0.2) is 82.3 Å². The zero-order chi connectivity index (χ0) is 38.5. The Morgan fingerprint density at radius 3 is 1.54 bits per heavy atom. The molecule has 0 spiro atoms. The normalized spacial score (nSPS) is 13.3. The van der Waals surface area contributed by atoms with Gasteiger partial charge in [-0.3, -0.25) is 9.59 Å². The molecule has 0 saturated carbocycles. The van der Waals surface area contributed by atoms with Crippen LogP contribution in [0.25, 0.3) is 0 Å². The van der Waals surface area contributed by atoms with E-state index in [0.717, 1.165) is 77.0 Å². The van der Waals surface area contributed by atoms with Gasteiger partial charge in [0.25, 0.3) is 0 Å². The molecule has 0 aliphatic heterocycles.